The van der Waals surface area contributed by atoms with Crippen molar-refractivity contribution < 1.29 is 18.1 Å². The van der Waals surface area contributed by atoms with Gasteiger partial charge in [-0.15, -0.1) is 5.98 Å². The van der Waals surface area contributed by atoms with Crippen molar-refractivity contribution in [3.8, 4) is 5.75 Å². The lowest BCUT2D eigenvalue weighted by atomic mass is 9.90. The molecule has 0 aliphatic carbocycles. The average Bonchev–Trinajstić information content (AvgIpc) is 2.07. The van der Waals surface area contributed by atoms with E-state index in [4.69, 9.17) is 11.6 Å². The van der Waals surface area contributed by atoms with Crippen LogP contribution in [0.3, 0.4) is 0 Å². The molecule has 82 valence electrons. The highest BCUT2D eigenvalue weighted by Crippen LogP contribution is 2.32. The molecule has 0 aromatic heterocycles. The molecule has 0 aliphatic heterocycles. The van der Waals surface area contributed by atoms with Crippen LogP contribution in [0.25, 0.3) is 6.08 Å². The van der Waals surface area contributed by atoms with E-state index in [2.05, 4.69) is 15.9 Å². The Morgan fingerprint density at radius 2 is 1.93 bits per heavy atom. The molecule has 1 aromatic rings. The molecule has 0 atom stereocenters. The van der Waals surface area contributed by atoms with Gasteiger partial charge >= 0.3 is 6.98 Å². The van der Waals surface area contributed by atoms with Crippen molar-refractivity contribution in [2.45, 2.75) is 0 Å². The SMILES string of the molecule is Oc1c(Br)cc(Cl)cc1/C=C/[B-](F)(F)F. The third kappa shape index (κ3) is 3.79. The van der Waals surface area contributed by atoms with Crippen LogP contribution in [0.4, 0.5) is 12.9 Å². The third-order valence-corrected chi connectivity index (χ3v) is 2.37. The first-order chi connectivity index (χ1) is 6.79. The molecule has 1 rings (SSSR count). The summed E-state index contributed by atoms with van der Waals surface area (Å²) in [5, 5.41) is 9.65. The summed E-state index contributed by atoms with van der Waals surface area (Å²) in [6.07, 6.45) is 0.784. The summed E-state index contributed by atoms with van der Waals surface area (Å²) in [6, 6.07) is 2.65. The van der Waals surface area contributed by atoms with E-state index >= 15 is 0 Å². The number of rotatable bonds is 2. The maximum Gasteiger partial charge on any atom is 0.502 e. The molecule has 0 unspecified atom stereocenters. The van der Waals surface area contributed by atoms with Crippen LogP contribution in [-0.4, -0.2) is 12.1 Å². The van der Waals surface area contributed by atoms with E-state index in [-0.39, 0.29) is 26.8 Å². The molecule has 0 saturated heterocycles. The summed E-state index contributed by atoms with van der Waals surface area (Å²) in [4.78, 5) is 0. The molecule has 0 heterocycles. The van der Waals surface area contributed by atoms with Crippen LogP contribution >= 0.6 is 27.5 Å². The standard InChI is InChI=1S/C8H5BBrClF3O/c10-7-4-6(11)3-5(8(7)15)1-2-9(12,13)14/h1-4,15H/q-1/b2-1+. The molecular weight excluding hydrogens is 295 g/mol. The van der Waals surface area contributed by atoms with Gasteiger partial charge in [0, 0.05) is 10.6 Å². The van der Waals surface area contributed by atoms with E-state index < -0.39 is 6.98 Å². The third-order valence-electron chi connectivity index (χ3n) is 1.55. The van der Waals surface area contributed by atoms with Gasteiger partial charge in [0.25, 0.3) is 0 Å². The molecule has 1 aromatic carbocycles. The minimum absolute atomic E-state index is 0.0218. The van der Waals surface area contributed by atoms with E-state index in [1.807, 2.05) is 0 Å². The van der Waals surface area contributed by atoms with E-state index in [9.17, 15) is 18.1 Å². The Hall–Kier alpha value is -0.615. The van der Waals surface area contributed by atoms with Gasteiger partial charge in [0.1, 0.15) is 5.75 Å². The minimum atomic E-state index is -5.01. The smallest absolute Gasteiger partial charge is 0.502 e. The summed E-state index contributed by atoms with van der Waals surface area (Å²) in [6.45, 7) is -5.01. The number of benzene rings is 1. The predicted octanol–water partition coefficient (Wildman–Crippen LogP) is 4.21. The molecule has 0 fully saturated rings. The first-order valence-electron chi connectivity index (χ1n) is 3.87. The van der Waals surface area contributed by atoms with E-state index in [1.165, 1.54) is 12.1 Å². The number of phenols is 1. The average molecular weight is 300 g/mol. The molecule has 1 N–H and O–H groups in total. The van der Waals surface area contributed by atoms with Gasteiger partial charge in [-0.05, 0) is 28.1 Å². The number of hydrogen-bond acceptors (Lipinski definition) is 1. The molecule has 0 saturated carbocycles. The molecule has 1 nitrogen and oxygen atoms in total. The molecule has 7 heteroatoms. The number of phenolic OH excluding ortho intramolecular Hbond substituents is 1. The first kappa shape index (κ1) is 12.5. The van der Waals surface area contributed by atoms with Crippen LogP contribution < -0.4 is 0 Å². The van der Waals surface area contributed by atoms with Crippen LogP contribution in [-0.2, 0) is 0 Å². The Morgan fingerprint density at radius 1 is 1.33 bits per heavy atom. The zero-order valence-electron chi connectivity index (χ0n) is 7.22. The second kappa shape index (κ2) is 4.49. The van der Waals surface area contributed by atoms with E-state index in [1.54, 1.807) is 0 Å². The fraction of sp³-hybridized carbons (Fsp3) is 0. The minimum Gasteiger partial charge on any atom is -0.506 e. The normalized spacial score (nSPS) is 12.3. The number of hydrogen-bond donors (Lipinski definition) is 1. The van der Waals surface area contributed by atoms with Gasteiger partial charge in [-0.2, -0.15) is 0 Å². The fourth-order valence-electron chi connectivity index (χ4n) is 0.926. The Balaban J connectivity index is 3.10. The first-order valence-corrected chi connectivity index (χ1v) is 5.04. The van der Waals surface area contributed by atoms with Gasteiger partial charge in [-0.25, -0.2) is 0 Å². The summed E-state index contributed by atoms with van der Waals surface area (Å²) >= 11 is 8.59. The van der Waals surface area contributed by atoms with Gasteiger partial charge in [0.2, 0.25) is 0 Å². The van der Waals surface area contributed by atoms with Crippen LogP contribution in [0.1, 0.15) is 5.56 Å². The molecule has 0 radical (unpaired) electrons. The second-order valence-corrected chi connectivity index (χ2v) is 4.10. The zero-order chi connectivity index (χ0) is 11.6. The van der Waals surface area contributed by atoms with Crippen LogP contribution in [0, 0.1) is 0 Å². The van der Waals surface area contributed by atoms with Crippen molar-refractivity contribution >= 4 is 40.6 Å². The highest BCUT2D eigenvalue weighted by Gasteiger charge is 2.17. The maximum atomic E-state index is 11.9. The maximum absolute atomic E-state index is 11.9. The zero-order valence-corrected chi connectivity index (χ0v) is 9.57. The Labute approximate surface area is 97.7 Å². The summed E-state index contributed by atoms with van der Waals surface area (Å²) in [7, 11) is 0. The molecule has 0 aliphatic rings. The quantitative estimate of drug-likeness (QED) is 0.811. The van der Waals surface area contributed by atoms with Crippen molar-refractivity contribution in [3.05, 3.63) is 33.2 Å². The van der Waals surface area contributed by atoms with Crippen LogP contribution in [0.2, 0.25) is 5.02 Å². The highest BCUT2D eigenvalue weighted by atomic mass is 79.9. The van der Waals surface area contributed by atoms with E-state index in [0.29, 0.717) is 0 Å². The van der Waals surface area contributed by atoms with Crippen molar-refractivity contribution in [1.29, 1.82) is 0 Å². The Bertz CT molecular complexity index is 406. The summed E-state index contributed by atoms with van der Waals surface area (Å²) < 4.78 is 36.0. The second-order valence-electron chi connectivity index (χ2n) is 2.81. The fourth-order valence-corrected chi connectivity index (χ4v) is 1.76. The highest BCUT2D eigenvalue weighted by molar-refractivity contribution is 9.10. The van der Waals surface area contributed by atoms with Crippen molar-refractivity contribution in [2.75, 3.05) is 0 Å². The van der Waals surface area contributed by atoms with Gasteiger partial charge in [-0.1, -0.05) is 17.7 Å². The molecule has 0 amide bonds. The molecule has 15 heavy (non-hydrogen) atoms. The number of aromatic hydroxyl groups is 1. The lowest BCUT2D eigenvalue weighted by Gasteiger charge is -2.08. The molecule has 0 spiro atoms. The van der Waals surface area contributed by atoms with Gasteiger partial charge < -0.3 is 18.1 Å². The van der Waals surface area contributed by atoms with Crippen molar-refractivity contribution in [3.63, 3.8) is 0 Å². The van der Waals surface area contributed by atoms with Gasteiger partial charge in [-0.3, -0.25) is 0 Å². The lowest BCUT2D eigenvalue weighted by Crippen LogP contribution is -2.09. The van der Waals surface area contributed by atoms with Crippen LogP contribution in [0.15, 0.2) is 22.6 Å². The predicted molar refractivity (Wildman–Crippen MR) is 58.9 cm³/mol. The monoisotopic (exact) mass is 299 g/mol. The topological polar surface area (TPSA) is 20.2 Å². The largest absolute Gasteiger partial charge is 0.506 e. The Kier molecular flexibility index (Phi) is 3.73. The van der Waals surface area contributed by atoms with Gasteiger partial charge in [0.05, 0.1) is 4.47 Å². The van der Waals surface area contributed by atoms with E-state index in [0.717, 1.165) is 6.08 Å². The molecule has 0 bridgehead atoms. The summed E-state index contributed by atoms with van der Waals surface area (Å²) in [5.74, 6) is -0.173. The Morgan fingerprint density at radius 3 is 2.47 bits per heavy atom. The van der Waals surface area contributed by atoms with Crippen molar-refractivity contribution in [2.24, 2.45) is 0 Å². The van der Waals surface area contributed by atoms with Gasteiger partial charge in [0.15, 0.2) is 0 Å². The van der Waals surface area contributed by atoms with Crippen molar-refractivity contribution in [1.82, 2.24) is 0 Å². The molecular formula is C8H5BBrClF3O-. The summed E-state index contributed by atoms with van der Waals surface area (Å²) in [5.41, 5.74) is 0.0218. The lowest BCUT2D eigenvalue weighted by molar-refractivity contribution is 0.470. The van der Waals surface area contributed by atoms with Crippen LogP contribution in [0.5, 0.6) is 5.75 Å². The number of halogens is 5.